The molecule has 0 atom stereocenters. The normalized spacial score (nSPS) is 10.8. The van der Waals surface area contributed by atoms with Gasteiger partial charge in [0.25, 0.3) is 5.56 Å². The molecule has 2 N–H and O–H groups in total. The zero-order valence-electron chi connectivity index (χ0n) is 16.6. The van der Waals surface area contributed by atoms with Gasteiger partial charge in [0.2, 0.25) is 0 Å². The zero-order chi connectivity index (χ0) is 20.9. The van der Waals surface area contributed by atoms with Crippen molar-refractivity contribution in [1.82, 2.24) is 20.2 Å². The first-order chi connectivity index (χ1) is 14.6. The molecule has 0 saturated heterocycles. The van der Waals surface area contributed by atoms with E-state index >= 15 is 0 Å². The minimum atomic E-state index is -0.109. The van der Waals surface area contributed by atoms with Crippen molar-refractivity contribution in [2.45, 2.75) is 26.6 Å². The molecule has 0 spiro atoms. The topological polar surface area (TPSA) is 74.2 Å². The van der Waals surface area contributed by atoms with E-state index in [1.54, 1.807) is 18.7 Å². The van der Waals surface area contributed by atoms with Crippen LogP contribution in [0.2, 0.25) is 0 Å². The Morgan fingerprint density at radius 1 is 1.20 bits per heavy atom. The molecule has 0 aliphatic heterocycles. The molecule has 0 aliphatic rings. The number of pyridine rings is 2. The van der Waals surface area contributed by atoms with Crippen LogP contribution >= 0.6 is 12.2 Å². The second kappa shape index (κ2) is 8.92. The fourth-order valence-electron chi connectivity index (χ4n) is 3.35. The van der Waals surface area contributed by atoms with Gasteiger partial charge in [0.15, 0.2) is 5.11 Å². The molecule has 7 heteroatoms. The van der Waals surface area contributed by atoms with E-state index in [0.717, 1.165) is 27.8 Å². The number of fused-ring (bicyclic) bond motifs is 1. The highest BCUT2D eigenvalue weighted by atomic mass is 32.1. The lowest BCUT2D eigenvalue weighted by Crippen LogP contribution is -2.39. The van der Waals surface area contributed by atoms with Crippen LogP contribution in [0.3, 0.4) is 0 Å². The van der Waals surface area contributed by atoms with E-state index in [1.807, 2.05) is 60.4 Å². The van der Waals surface area contributed by atoms with Crippen LogP contribution < -0.4 is 10.9 Å². The highest BCUT2D eigenvalue weighted by molar-refractivity contribution is 7.80. The average Bonchev–Trinajstić information content (AvgIpc) is 3.27. The Labute approximate surface area is 179 Å². The Balaban J connectivity index is 1.60. The third-order valence-electron chi connectivity index (χ3n) is 4.90. The van der Waals surface area contributed by atoms with E-state index in [9.17, 15) is 4.79 Å². The number of nitrogens with zero attached hydrogens (tertiary/aromatic N) is 2. The highest BCUT2D eigenvalue weighted by Crippen LogP contribution is 2.16. The SMILES string of the molecule is Cc1cccc2cc(CN(Cc3cccnc3)C(=S)NCc3ccco3)c(=O)[nH]c12. The van der Waals surface area contributed by atoms with Crippen molar-refractivity contribution >= 4 is 28.2 Å². The lowest BCUT2D eigenvalue weighted by molar-refractivity contribution is 0.393. The number of thiocarbonyl (C=S) groups is 1. The third kappa shape index (κ3) is 4.58. The van der Waals surface area contributed by atoms with Gasteiger partial charge in [-0.25, -0.2) is 0 Å². The molecule has 0 unspecified atom stereocenters. The van der Waals surface area contributed by atoms with Crippen LogP contribution in [0.1, 0.15) is 22.5 Å². The molecule has 0 bridgehead atoms. The van der Waals surface area contributed by atoms with Gasteiger partial charge in [0.05, 0.1) is 24.9 Å². The summed E-state index contributed by atoms with van der Waals surface area (Å²) < 4.78 is 5.37. The molecule has 6 nitrogen and oxygen atoms in total. The van der Waals surface area contributed by atoms with Crippen LogP contribution in [0.25, 0.3) is 10.9 Å². The summed E-state index contributed by atoms with van der Waals surface area (Å²) in [6.45, 7) is 3.37. The number of aromatic amines is 1. The summed E-state index contributed by atoms with van der Waals surface area (Å²) in [5.74, 6) is 0.790. The van der Waals surface area contributed by atoms with E-state index in [2.05, 4.69) is 15.3 Å². The molecule has 1 aromatic carbocycles. The molecule has 4 aromatic rings. The molecule has 0 amide bonds. The minimum Gasteiger partial charge on any atom is -0.467 e. The first kappa shape index (κ1) is 19.8. The van der Waals surface area contributed by atoms with Gasteiger partial charge < -0.3 is 19.6 Å². The molecule has 0 radical (unpaired) electrons. The van der Waals surface area contributed by atoms with Gasteiger partial charge in [-0.15, -0.1) is 0 Å². The summed E-state index contributed by atoms with van der Waals surface area (Å²) in [6.07, 6.45) is 5.16. The van der Waals surface area contributed by atoms with E-state index in [4.69, 9.17) is 16.6 Å². The zero-order valence-corrected chi connectivity index (χ0v) is 17.4. The standard InChI is InChI=1S/C23H22N4O2S/c1-16-5-2-7-18-11-19(22(28)26-21(16)18)15-27(14-17-6-3-9-24-12-17)23(30)25-13-20-8-4-10-29-20/h2-12H,13-15H2,1H3,(H,25,30)(H,26,28). The van der Waals surface area contributed by atoms with Gasteiger partial charge >= 0.3 is 0 Å². The van der Waals surface area contributed by atoms with Gasteiger partial charge in [-0.05, 0) is 59.9 Å². The fraction of sp³-hybridized carbons (Fsp3) is 0.174. The number of para-hydroxylation sites is 1. The van der Waals surface area contributed by atoms with E-state index in [1.165, 1.54) is 0 Å². The monoisotopic (exact) mass is 418 g/mol. The van der Waals surface area contributed by atoms with Crippen LogP contribution in [-0.4, -0.2) is 20.0 Å². The van der Waals surface area contributed by atoms with Crippen LogP contribution in [0.4, 0.5) is 0 Å². The maximum absolute atomic E-state index is 12.8. The van der Waals surface area contributed by atoms with Crippen molar-refractivity contribution in [1.29, 1.82) is 0 Å². The third-order valence-corrected chi connectivity index (χ3v) is 5.31. The van der Waals surface area contributed by atoms with E-state index < -0.39 is 0 Å². The Hall–Kier alpha value is -3.45. The lowest BCUT2D eigenvalue weighted by atomic mass is 10.1. The van der Waals surface area contributed by atoms with Crippen molar-refractivity contribution in [3.8, 4) is 0 Å². The fourth-order valence-corrected chi connectivity index (χ4v) is 3.55. The average molecular weight is 419 g/mol. The van der Waals surface area contributed by atoms with Crippen molar-refractivity contribution in [2.24, 2.45) is 0 Å². The lowest BCUT2D eigenvalue weighted by Gasteiger charge is -2.25. The summed E-state index contributed by atoms with van der Waals surface area (Å²) >= 11 is 5.65. The molecule has 0 fully saturated rings. The number of H-pyrrole nitrogens is 1. The van der Waals surface area contributed by atoms with Crippen molar-refractivity contribution in [2.75, 3.05) is 0 Å². The number of hydrogen-bond donors (Lipinski definition) is 2. The molecule has 3 aromatic heterocycles. The Morgan fingerprint density at radius 2 is 2.10 bits per heavy atom. The van der Waals surface area contributed by atoms with Crippen LogP contribution in [0.5, 0.6) is 0 Å². The van der Waals surface area contributed by atoms with E-state index in [-0.39, 0.29) is 5.56 Å². The van der Waals surface area contributed by atoms with Crippen LogP contribution in [0.15, 0.2) is 76.4 Å². The second-order valence-corrected chi connectivity index (χ2v) is 7.50. The van der Waals surface area contributed by atoms with Crippen molar-refractivity contribution in [3.63, 3.8) is 0 Å². The predicted octanol–water partition coefficient (Wildman–Crippen LogP) is 3.90. The summed E-state index contributed by atoms with van der Waals surface area (Å²) in [5.41, 5.74) is 3.45. The van der Waals surface area contributed by atoms with Gasteiger partial charge in [-0.2, -0.15) is 0 Å². The van der Waals surface area contributed by atoms with Gasteiger partial charge in [-0.1, -0.05) is 24.3 Å². The second-order valence-electron chi connectivity index (χ2n) is 7.12. The molecule has 0 saturated carbocycles. The van der Waals surface area contributed by atoms with E-state index in [0.29, 0.717) is 30.3 Å². The van der Waals surface area contributed by atoms with Crippen molar-refractivity contribution < 1.29 is 4.42 Å². The Kier molecular flexibility index (Phi) is 5.90. The number of nitrogens with one attached hydrogen (secondary N) is 2. The van der Waals surface area contributed by atoms with Crippen LogP contribution in [0, 0.1) is 6.92 Å². The molecule has 0 aliphatic carbocycles. The Bertz CT molecular complexity index is 1200. The number of benzene rings is 1. The smallest absolute Gasteiger partial charge is 0.253 e. The summed E-state index contributed by atoms with van der Waals surface area (Å²) in [6, 6.07) is 15.5. The first-order valence-corrected chi connectivity index (χ1v) is 10.1. The highest BCUT2D eigenvalue weighted by Gasteiger charge is 2.15. The van der Waals surface area contributed by atoms with Crippen molar-refractivity contribution in [3.05, 3.63) is 100.0 Å². The maximum Gasteiger partial charge on any atom is 0.253 e. The summed E-state index contributed by atoms with van der Waals surface area (Å²) in [4.78, 5) is 21.9. The number of rotatable bonds is 6. The first-order valence-electron chi connectivity index (χ1n) is 9.66. The number of aromatic nitrogens is 2. The molecular weight excluding hydrogens is 396 g/mol. The molecule has 152 valence electrons. The molecule has 30 heavy (non-hydrogen) atoms. The molecule has 4 rings (SSSR count). The summed E-state index contributed by atoms with van der Waals surface area (Å²) in [7, 11) is 0. The maximum atomic E-state index is 12.8. The number of hydrogen-bond acceptors (Lipinski definition) is 4. The molecule has 3 heterocycles. The predicted molar refractivity (Wildman–Crippen MR) is 121 cm³/mol. The van der Waals surface area contributed by atoms with Gasteiger partial charge in [0, 0.05) is 24.5 Å². The van der Waals surface area contributed by atoms with Gasteiger partial charge in [0.1, 0.15) is 5.76 Å². The summed E-state index contributed by atoms with van der Waals surface area (Å²) in [5, 5.41) is 4.76. The number of aryl methyl sites for hydroxylation is 1. The van der Waals surface area contributed by atoms with Crippen LogP contribution in [-0.2, 0) is 19.6 Å². The number of furan rings is 1. The Morgan fingerprint density at radius 3 is 2.87 bits per heavy atom. The quantitative estimate of drug-likeness (QED) is 0.463. The molecular formula is C23H22N4O2S. The van der Waals surface area contributed by atoms with Gasteiger partial charge in [-0.3, -0.25) is 9.78 Å². The largest absolute Gasteiger partial charge is 0.467 e. The minimum absolute atomic E-state index is 0.109.